The van der Waals surface area contributed by atoms with E-state index in [1.165, 1.54) is 7.11 Å². The van der Waals surface area contributed by atoms with Crippen LogP contribution in [0.2, 0.25) is 0 Å². The Hall–Kier alpha value is -0.610. The lowest BCUT2D eigenvalue weighted by Gasteiger charge is -2.51. The van der Waals surface area contributed by atoms with Gasteiger partial charge >= 0.3 is 5.97 Å². The third-order valence-electron chi connectivity index (χ3n) is 3.89. The third-order valence-corrected chi connectivity index (χ3v) is 3.89. The molecule has 1 aliphatic heterocycles. The summed E-state index contributed by atoms with van der Waals surface area (Å²) in [7, 11) is 1.38. The first-order chi connectivity index (χ1) is 7.15. The van der Waals surface area contributed by atoms with Crippen LogP contribution in [0.5, 0.6) is 0 Å². The molecule has 0 aromatic carbocycles. The van der Waals surface area contributed by atoms with Crippen LogP contribution in [0.25, 0.3) is 0 Å². The van der Waals surface area contributed by atoms with Gasteiger partial charge in [0.15, 0.2) is 0 Å². The molecule has 2 aliphatic rings. The van der Waals surface area contributed by atoms with Crippen LogP contribution in [0.4, 0.5) is 0 Å². The Kier molecular flexibility index (Phi) is 2.73. The molecule has 0 amide bonds. The van der Waals surface area contributed by atoms with Gasteiger partial charge in [0.2, 0.25) is 0 Å². The molecule has 86 valence electrons. The lowest BCUT2D eigenvalue weighted by atomic mass is 9.59. The molecule has 4 nitrogen and oxygen atoms in total. The number of hydrogen-bond acceptors (Lipinski definition) is 4. The molecule has 0 aromatic rings. The van der Waals surface area contributed by atoms with Crippen LogP contribution in [0.1, 0.15) is 32.1 Å². The maximum Gasteiger partial charge on any atom is 0.317 e. The second-order valence-corrected chi connectivity index (χ2v) is 4.61. The molecular weight excluding hydrogens is 196 g/mol. The summed E-state index contributed by atoms with van der Waals surface area (Å²) in [6, 6.07) is 0. The molecule has 1 saturated heterocycles. The maximum absolute atomic E-state index is 11.9. The minimum Gasteiger partial charge on any atom is -0.468 e. The zero-order chi connectivity index (χ0) is 10.9. The largest absolute Gasteiger partial charge is 0.468 e. The van der Waals surface area contributed by atoms with Crippen molar-refractivity contribution in [2.45, 2.75) is 37.7 Å². The highest BCUT2D eigenvalue weighted by Gasteiger charge is 2.59. The molecule has 2 rings (SSSR count). The van der Waals surface area contributed by atoms with E-state index in [1.54, 1.807) is 0 Å². The maximum atomic E-state index is 11.9. The number of aliphatic hydroxyl groups is 1. The van der Waals surface area contributed by atoms with Crippen molar-refractivity contribution in [2.75, 3.05) is 20.3 Å². The summed E-state index contributed by atoms with van der Waals surface area (Å²) in [4.78, 5) is 11.9. The molecule has 2 fully saturated rings. The highest BCUT2D eigenvalue weighted by Crippen LogP contribution is 2.50. The minimum atomic E-state index is -0.888. The van der Waals surface area contributed by atoms with Gasteiger partial charge in [0.25, 0.3) is 0 Å². The van der Waals surface area contributed by atoms with Gasteiger partial charge in [-0.1, -0.05) is 0 Å². The van der Waals surface area contributed by atoms with Gasteiger partial charge in [0.1, 0.15) is 5.41 Å². The summed E-state index contributed by atoms with van der Waals surface area (Å²) in [6.45, 7) is 0.977. The van der Waals surface area contributed by atoms with Crippen LogP contribution in [-0.2, 0) is 14.3 Å². The van der Waals surface area contributed by atoms with Crippen LogP contribution >= 0.6 is 0 Å². The van der Waals surface area contributed by atoms with E-state index in [-0.39, 0.29) is 5.97 Å². The van der Waals surface area contributed by atoms with Crippen LogP contribution in [0.15, 0.2) is 0 Å². The van der Waals surface area contributed by atoms with Gasteiger partial charge in [-0.05, 0) is 32.1 Å². The molecule has 1 N–H and O–H groups in total. The predicted octanol–water partition coefficient (Wildman–Crippen LogP) is 0.871. The lowest BCUT2D eigenvalue weighted by Crippen LogP contribution is -2.61. The zero-order valence-corrected chi connectivity index (χ0v) is 9.12. The van der Waals surface area contributed by atoms with E-state index in [2.05, 4.69) is 0 Å². The molecule has 1 aliphatic carbocycles. The monoisotopic (exact) mass is 214 g/mol. The first-order valence-electron chi connectivity index (χ1n) is 5.53. The summed E-state index contributed by atoms with van der Waals surface area (Å²) < 4.78 is 10.2. The Balaban J connectivity index is 2.25. The van der Waals surface area contributed by atoms with Crippen molar-refractivity contribution < 1.29 is 19.4 Å². The number of esters is 1. The van der Waals surface area contributed by atoms with Gasteiger partial charge in [-0.3, -0.25) is 4.79 Å². The Labute approximate surface area is 89.6 Å². The summed E-state index contributed by atoms with van der Waals surface area (Å²) in [5, 5.41) is 10.4. The Bertz CT molecular complexity index is 251. The second-order valence-electron chi connectivity index (χ2n) is 4.61. The molecule has 1 unspecified atom stereocenters. The van der Waals surface area contributed by atoms with Crippen molar-refractivity contribution in [1.82, 2.24) is 0 Å². The van der Waals surface area contributed by atoms with Crippen LogP contribution in [0, 0.1) is 5.41 Å². The molecule has 4 heteroatoms. The van der Waals surface area contributed by atoms with E-state index in [0.29, 0.717) is 32.5 Å². The lowest BCUT2D eigenvalue weighted by molar-refractivity contribution is -0.210. The number of hydrogen-bond donors (Lipinski definition) is 1. The highest BCUT2D eigenvalue weighted by atomic mass is 16.5. The minimum absolute atomic E-state index is 0.302. The molecule has 0 radical (unpaired) electrons. The average Bonchev–Trinajstić information content (AvgIpc) is 2.25. The predicted molar refractivity (Wildman–Crippen MR) is 53.3 cm³/mol. The number of carbonyl (C=O) groups is 1. The Morgan fingerprint density at radius 2 is 2.07 bits per heavy atom. The second kappa shape index (κ2) is 3.76. The van der Waals surface area contributed by atoms with Gasteiger partial charge in [-0.15, -0.1) is 0 Å². The van der Waals surface area contributed by atoms with Gasteiger partial charge in [0.05, 0.1) is 19.3 Å². The first kappa shape index (κ1) is 10.9. The Morgan fingerprint density at radius 1 is 1.33 bits per heavy atom. The van der Waals surface area contributed by atoms with Gasteiger partial charge in [-0.2, -0.15) is 0 Å². The van der Waals surface area contributed by atoms with Crippen molar-refractivity contribution in [1.29, 1.82) is 0 Å². The van der Waals surface area contributed by atoms with Crippen molar-refractivity contribution >= 4 is 5.97 Å². The summed E-state index contributed by atoms with van der Waals surface area (Å²) in [5.41, 5.74) is -1.70. The molecule has 0 aromatic heterocycles. The Morgan fingerprint density at radius 3 is 2.47 bits per heavy atom. The first-order valence-corrected chi connectivity index (χ1v) is 5.53. The van der Waals surface area contributed by atoms with Crippen molar-refractivity contribution in [3.05, 3.63) is 0 Å². The molecule has 1 saturated carbocycles. The van der Waals surface area contributed by atoms with Crippen molar-refractivity contribution in [3.8, 4) is 0 Å². The van der Waals surface area contributed by atoms with Crippen molar-refractivity contribution in [3.63, 3.8) is 0 Å². The smallest absolute Gasteiger partial charge is 0.317 e. The van der Waals surface area contributed by atoms with E-state index in [0.717, 1.165) is 12.8 Å². The van der Waals surface area contributed by atoms with E-state index in [4.69, 9.17) is 9.47 Å². The number of carbonyl (C=O) groups excluding carboxylic acids is 1. The summed E-state index contributed by atoms with van der Waals surface area (Å²) >= 11 is 0. The van der Waals surface area contributed by atoms with Gasteiger partial charge < -0.3 is 14.6 Å². The molecule has 1 heterocycles. The molecule has 1 atom stereocenters. The van der Waals surface area contributed by atoms with Crippen LogP contribution < -0.4 is 0 Å². The van der Waals surface area contributed by atoms with Crippen LogP contribution in [-0.4, -0.2) is 37.0 Å². The molecule has 0 bridgehead atoms. The highest BCUT2D eigenvalue weighted by molar-refractivity contribution is 5.79. The zero-order valence-electron chi connectivity index (χ0n) is 9.12. The quantitative estimate of drug-likeness (QED) is 0.693. The fourth-order valence-corrected chi connectivity index (χ4v) is 2.70. The summed E-state index contributed by atoms with van der Waals surface area (Å²) in [6.07, 6.45) is 3.85. The number of ether oxygens (including phenoxy) is 2. The third kappa shape index (κ3) is 1.47. The molecular formula is C11H18O4. The summed E-state index contributed by atoms with van der Waals surface area (Å²) in [5.74, 6) is -0.315. The average molecular weight is 214 g/mol. The molecule has 15 heavy (non-hydrogen) atoms. The van der Waals surface area contributed by atoms with Crippen LogP contribution in [0.3, 0.4) is 0 Å². The van der Waals surface area contributed by atoms with Crippen molar-refractivity contribution in [2.24, 2.45) is 5.41 Å². The van der Waals surface area contributed by atoms with E-state index < -0.39 is 11.0 Å². The van der Waals surface area contributed by atoms with Gasteiger partial charge in [0, 0.05) is 6.61 Å². The van der Waals surface area contributed by atoms with E-state index in [1.807, 2.05) is 0 Å². The fraction of sp³-hybridized carbons (Fsp3) is 0.909. The molecule has 0 spiro atoms. The number of methoxy groups -OCH3 is 1. The SMILES string of the molecule is COC(=O)C1(C2(O)CCC2)CCCOC1. The van der Waals surface area contributed by atoms with E-state index in [9.17, 15) is 9.90 Å². The van der Waals surface area contributed by atoms with E-state index >= 15 is 0 Å². The van der Waals surface area contributed by atoms with Gasteiger partial charge in [-0.25, -0.2) is 0 Å². The topological polar surface area (TPSA) is 55.8 Å². The normalized spacial score (nSPS) is 34.3. The standard InChI is InChI=1S/C11H18O4/c1-14-9(12)10(4-3-7-15-8-10)11(13)5-2-6-11/h13H,2-8H2,1H3. The number of rotatable bonds is 2. The fourth-order valence-electron chi connectivity index (χ4n) is 2.70.